The second-order valence-corrected chi connectivity index (χ2v) is 6.22. The van der Waals surface area contributed by atoms with Gasteiger partial charge in [-0.2, -0.15) is 0 Å². The average molecular weight is 344 g/mol. The number of hydrogen-bond acceptors (Lipinski definition) is 3. The summed E-state index contributed by atoms with van der Waals surface area (Å²) in [6, 6.07) is 19.4. The second kappa shape index (κ2) is 7.86. The molecule has 26 heavy (non-hydrogen) atoms. The molecule has 1 N–H and O–H groups in total. The summed E-state index contributed by atoms with van der Waals surface area (Å²) in [5, 5.41) is 12.2. The van der Waals surface area contributed by atoms with Crippen LogP contribution in [0.1, 0.15) is 36.1 Å². The minimum atomic E-state index is -0.757. The quantitative estimate of drug-likeness (QED) is 0.719. The van der Waals surface area contributed by atoms with Crippen LogP contribution >= 0.6 is 0 Å². The third-order valence-electron chi connectivity index (χ3n) is 4.17. The molecule has 0 amide bonds. The zero-order valence-electron chi connectivity index (χ0n) is 14.8. The van der Waals surface area contributed by atoms with Gasteiger partial charge in [0, 0.05) is 17.5 Å². The van der Waals surface area contributed by atoms with Gasteiger partial charge in [0.05, 0.1) is 13.2 Å². The highest BCUT2D eigenvalue weighted by Crippen LogP contribution is 2.22. The molecule has 3 aromatic rings. The number of carbonyl (C=O) groups is 1. The van der Waals surface area contributed by atoms with E-state index in [1.807, 2.05) is 60.7 Å². The first-order chi connectivity index (χ1) is 12.5. The lowest BCUT2D eigenvalue weighted by Crippen LogP contribution is -2.02. The van der Waals surface area contributed by atoms with Crippen molar-refractivity contribution in [3.8, 4) is 17.6 Å². The van der Waals surface area contributed by atoms with E-state index in [2.05, 4.69) is 11.8 Å². The number of rotatable bonds is 4. The molecule has 130 valence electrons. The molecule has 1 atom stereocenters. The molecule has 0 saturated carbocycles. The summed E-state index contributed by atoms with van der Waals surface area (Å²) < 4.78 is 5.24. The maximum absolute atomic E-state index is 11.1. The highest BCUT2D eigenvalue weighted by Gasteiger charge is 2.09. The molecule has 3 rings (SSSR count). The number of ether oxygens (including phenoxy) is 1. The van der Waals surface area contributed by atoms with Crippen LogP contribution in [0.2, 0.25) is 0 Å². The molecule has 3 aromatic carbocycles. The molecular weight excluding hydrogens is 324 g/mol. The molecule has 0 aliphatic heterocycles. The average Bonchev–Trinajstić information content (AvgIpc) is 2.65. The molecule has 1 unspecified atom stereocenters. The summed E-state index contributed by atoms with van der Waals surface area (Å²) in [7, 11) is 1.66. The van der Waals surface area contributed by atoms with Gasteiger partial charge in [-0.3, -0.25) is 4.79 Å². The number of ketones is 1. The summed E-state index contributed by atoms with van der Waals surface area (Å²) in [6.45, 7) is 1.47. The first-order valence-electron chi connectivity index (χ1n) is 8.42. The van der Waals surface area contributed by atoms with Crippen LogP contribution in [0.15, 0.2) is 60.7 Å². The molecule has 3 heteroatoms. The summed E-state index contributed by atoms with van der Waals surface area (Å²) in [5.74, 6) is 7.10. The molecule has 0 heterocycles. The number of methoxy groups -OCH3 is 1. The number of carbonyl (C=O) groups excluding carboxylic acids is 1. The predicted octanol–water partition coefficient (Wildman–Crippen LogP) is 4.26. The first kappa shape index (κ1) is 17.7. The van der Waals surface area contributed by atoms with E-state index >= 15 is 0 Å². The number of aliphatic hydroxyl groups excluding tert-OH is 1. The topological polar surface area (TPSA) is 46.5 Å². The Labute approximate surface area is 153 Å². The van der Waals surface area contributed by atoms with Crippen LogP contribution < -0.4 is 4.74 Å². The number of aliphatic hydroxyl groups is 1. The van der Waals surface area contributed by atoms with Crippen molar-refractivity contribution in [2.24, 2.45) is 0 Å². The largest absolute Gasteiger partial charge is 0.497 e. The SMILES string of the molecule is COc1ccc2cc(C#Cc3ccc(C(O)CC(C)=O)cc3)ccc2c1. The lowest BCUT2D eigenvalue weighted by atomic mass is 10.0. The van der Waals surface area contributed by atoms with Crippen molar-refractivity contribution in [1.29, 1.82) is 0 Å². The Kier molecular flexibility index (Phi) is 5.36. The smallest absolute Gasteiger partial charge is 0.132 e. The Balaban J connectivity index is 1.78. The Morgan fingerprint density at radius 1 is 0.962 bits per heavy atom. The minimum Gasteiger partial charge on any atom is -0.497 e. The van der Waals surface area contributed by atoms with Gasteiger partial charge in [0.2, 0.25) is 0 Å². The van der Waals surface area contributed by atoms with E-state index in [4.69, 9.17) is 4.74 Å². The molecule has 0 aromatic heterocycles. The van der Waals surface area contributed by atoms with E-state index in [1.54, 1.807) is 7.11 Å². The Morgan fingerprint density at radius 2 is 1.58 bits per heavy atom. The van der Waals surface area contributed by atoms with E-state index < -0.39 is 6.10 Å². The van der Waals surface area contributed by atoms with Crippen molar-refractivity contribution < 1.29 is 14.6 Å². The molecule has 0 aliphatic rings. The lowest BCUT2D eigenvalue weighted by Gasteiger charge is -2.08. The summed E-state index contributed by atoms with van der Waals surface area (Å²) in [5.41, 5.74) is 2.52. The Morgan fingerprint density at radius 3 is 2.27 bits per heavy atom. The highest BCUT2D eigenvalue weighted by atomic mass is 16.5. The molecule has 3 nitrogen and oxygen atoms in total. The van der Waals surface area contributed by atoms with Gasteiger partial charge in [-0.05, 0) is 59.7 Å². The van der Waals surface area contributed by atoms with Crippen molar-refractivity contribution in [1.82, 2.24) is 0 Å². The fraction of sp³-hybridized carbons (Fsp3) is 0.174. The summed E-state index contributed by atoms with van der Waals surface area (Å²) in [4.78, 5) is 11.1. The van der Waals surface area contributed by atoms with Crippen LogP contribution in [0, 0.1) is 11.8 Å². The molecule has 0 saturated heterocycles. The number of Topliss-reactive ketones (excluding diaryl/α,β-unsaturated/α-hetero) is 1. The van der Waals surface area contributed by atoms with Gasteiger partial charge in [0.25, 0.3) is 0 Å². The van der Waals surface area contributed by atoms with Gasteiger partial charge in [-0.1, -0.05) is 36.1 Å². The van der Waals surface area contributed by atoms with Gasteiger partial charge in [-0.25, -0.2) is 0 Å². The highest BCUT2D eigenvalue weighted by molar-refractivity contribution is 5.85. The van der Waals surface area contributed by atoms with Crippen molar-refractivity contribution >= 4 is 16.6 Å². The maximum atomic E-state index is 11.1. The molecule has 0 spiro atoms. The van der Waals surface area contributed by atoms with Crippen molar-refractivity contribution in [2.45, 2.75) is 19.4 Å². The molecular formula is C23H20O3. The van der Waals surface area contributed by atoms with Gasteiger partial charge < -0.3 is 9.84 Å². The monoisotopic (exact) mass is 344 g/mol. The van der Waals surface area contributed by atoms with Gasteiger partial charge in [0.1, 0.15) is 11.5 Å². The van der Waals surface area contributed by atoms with E-state index in [9.17, 15) is 9.90 Å². The normalized spacial score (nSPS) is 11.5. The van der Waals surface area contributed by atoms with Crippen LogP contribution in [0.3, 0.4) is 0 Å². The number of hydrogen-bond donors (Lipinski definition) is 1. The fourth-order valence-corrected chi connectivity index (χ4v) is 2.75. The van der Waals surface area contributed by atoms with Crippen molar-refractivity contribution in [3.05, 3.63) is 77.4 Å². The lowest BCUT2D eigenvalue weighted by molar-refractivity contribution is -0.118. The van der Waals surface area contributed by atoms with Crippen LogP contribution in [0.25, 0.3) is 10.8 Å². The zero-order chi connectivity index (χ0) is 18.5. The van der Waals surface area contributed by atoms with E-state index in [0.29, 0.717) is 0 Å². The van der Waals surface area contributed by atoms with Gasteiger partial charge >= 0.3 is 0 Å². The van der Waals surface area contributed by atoms with Gasteiger partial charge in [-0.15, -0.1) is 0 Å². The number of benzene rings is 3. The van der Waals surface area contributed by atoms with Crippen LogP contribution in [-0.4, -0.2) is 18.0 Å². The van der Waals surface area contributed by atoms with Crippen LogP contribution in [0.4, 0.5) is 0 Å². The van der Waals surface area contributed by atoms with Crippen molar-refractivity contribution in [3.63, 3.8) is 0 Å². The predicted molar refractivity (Wildman–Crippen MR) is 103 cm³/mol. The molecule has 0 aliphatic carbocycles. The van der Waals surface area contributed by atoms with E-state index in [0.717, 1.165) is 33.2 Å². The standard InChI is InChI=1S/C23H20O3/c1-16(24)13-23(25)19-8-5-17(6-9-19)3-4-18-7-10-21-15-22(26-2)12-11-20(21)14-18/h5-12,14-15,23,25H,13H2,1-2H3. The minimum absolute atomic E-state index is 0.0321. The Bertz CT molecular complexity index is 991. The molecule has 0 radical (unpaired) electrons. The summed E-state index contributed by atoms with van der Waals surface area (Å²) >= 11 is 0. The fourth-order valence-electron chi connectivity index (χ4n) is 2.75. The molecule has 0 bridgehead atoms. The van der Waals surface area contributed by atoms with Crippen LogP contribution in [-0.2, 0) is 4.79 Å². The third-order valence-corrected chi connectivity index (χ3v) is 4.17. The third kappa shape index (κ3) is 4.30. The second-order valence-electron chi connectivity index (χ2n) is 6.22. The maximum Gasteiger partial charge on any atom is 0.132 e. The zero-order valence-corrected chi connectivity index (χ0v) is 14.8. The van der Waals surface area contributed by atoms with Crippen LogP contribution in [0.5, 0.6) is 5.75 Å². The van der Waals surface area contributed by atoms with Crippen molar-refractivity contribution in [2.75, 3.05) is 7.11 Å². The van der Waals surface area contributed by atoms with E-state index in [1.165, 1.54) is 6.92 Å². The number of fused-ring (bicyclic) bond motifs is 1. The Hall–Kier alpha value is -3.09. The first-order valence-corrected chi connectivity index (χ1v) is 8.42. The van der Waals surface area contributed by atoms with Gasteiger partial charge in [0.15, 0.2) is 0 Å². The summed E-state index contributed by atoms with van der Waals surface area (Å²) in [6.07, 6.45) is -0.626. The van der Waals surface area contributed by atoms with E-state index in [-0.39, 0.29) is 12.2 Å². The molecule has 0 fully saturated rings.